The first-order chi connectivity index (χ1) is 15.6. The number of furan rings is 1. The first-order valence-electron chi connectivity index (χ1n) is 10.1. The summed E-state index contributed by atoms with van der Waals surface area (Å²) in [7, 11) is 0. The molecule has 3 aromatic carbocycles. The Morgan fingerprint density at radius 1 is 1.06 bits per heavy atom. The molecule has 0 fully saturated rings. The van der Waals surface area contributed by atoms with Crippen LogP contribution in [0.5, 0.6) is 11.5 Å². The molecule has 0 radical (unpaired) electrons. The predicted molar refractivity (Wildman–Crippen MR) is 125 cm³/mol. The minimum atomic E-state index is -0.448. The van der Waals surface area contributed by atoms with E-state index in [9.17, 15) is 4.79 Å². The average molecular weight is 449 g/mol. The van der Waals surface area contributed by atoms with Crippen LogP contribution >= 0.6 is 11.6 Å². The van der Waals surface area contributed by atoms with Gasteiger partial charge in [0.25, 0.3) is 0 Å². The van der Waals surface area contributed by atoms with Gasteiger partial charge in [0.1, 0.15) is 12.2 Å². The average Bonchev–Trinajstić information content (AvgIpc) is 3.24. The molecular weight excluding hydrogens is 428 g/mol. The highest BCUT2D eigenvalue weighted by Gasteiger charge is 2.14. The molecular formula is C25H21ClN2O4. The van der Waals surface area contributed by atoms with Crippen LogP contribution in [0.15, 0.2) is 82.3 Å². The lowest BCUT2D eigenvalue weighted by atomic mass is 10.2. The number of carbonyl (C=O) groups is 1. The minimum absolute atomic E-state index is 0.182. The van der Waals surface area contributed by atoms with Gasteiger partial charge in [0.2, 0.25) is 0 Å². The van der Waals surface area contributed by atoms with Crippen LogP contribution in [0.1, 0.15) is 28.6 Å². The largest absolute Gasteiger partial charge is 0.490 e. The number of halogens is 1. The van der Waals surface area contributed by atoms with E-state index in [0.29, 0.717) is 40.9 Å². The molecule has 6 nitrogen and oxygen atoms in total. The topological polar surface area (TPSA) is 73.1 Å². The van der Waals surface area contributed by atoms with E-state index in [0.717, 1.165) is 10.9 Å². The molecule has 0 spiro atoms. The van der Waals surface area contributed by atoms with Gasteiger partial charge in [0.05, 0.1) is 17.8 Å². The molecule has 7 heteroatoms. The summed E-state index contributed by atoms with van der Waals surface area (Å²) in [6.07, 6.45) is 1.48. The molecule has 0 saturated carbocycles. The predicted octanol–water partition coefficient (Wildman–Crippen LogP) is 5.83. The summed E-state index contributed by atoms with van der Waals surface area (Å²) in [5, 5.41) is 5.25. The standard InChI is InChI=1S/C25H21ClN2O4/c1-2-30-22-13-18(12-20(26)24(22)31-16-17-8-4-3-5-9-17)15-27-28-25(29)23-14-19-10-6-7-11-21(19)32-23/h3-15H,2,16H2,1H3,(H,28,29)/b27-15+. The summed E-state index contributed by atoms with van der Waals surface area (Å²) in [5.74, 6) is 0.694. The van der Waals surface area contributed by atoms with Crippen LogP contribution in [-0.4, -0.2) is 18.7 Å². The number of rotatable bonds is 8. The number of carbonyl (C=O) groups excluding carboxylic acids is 1. The quantitative estimate of drug-likeness (QED) is 0.272. The van der Waals surface area contributed by atoms with Gasteiger partial charge in [-0.15, -0.1) is 0 Å². The summed E-state index contributed by atoms with van der Waals surface area (Å²) >= 11 is 6.45. The number of ether oxygens (including phenoxy) is 2. The molecule has 1 amide bonds. The van der Waals surface area contributed by atoms with E-state index in [1.807, 2.05) is 55.5 Å². The lowest BCUT2D eigenvalue weighted by Gasteiger charge is -2.14. The van der Waals surface area contributed by atoms with E-state index in [-0.39, 0.29) is 5.76 Å². The van der Waals surface area contributed by atoms with Crippen molar-refractivity contribution in [3.05, 3.63) is 94.7 Å². The molecule has 162 valence electrons. The molecule has 0 unspecified atom stereocenters. The molecule has 1 aromatic heterocycles. The molecule has 0 aliphatic rings. The highest BCUT2D eigenvalue weighted by molar-refractivity contribution is 6.32. The van der Waals surface area contributed by atoms with Gasteiger partial charge in [0, 0.05) is 5.39 Å². The number of nitrogens with one attached hydrogen (secondary N) is 1. The fraction of sp³-hybridized carbons (Fsp3) is 0.120. The van der Waals surface area contributed by atoms with Crippen molar-refractivity contribution in [3.8, 4) is 11.5 Å². The zero-order valence-electron chi connectivity index (χ0n) is 17.4. The van der Waals surface area contributed by atoms with Gasteiger partial charge in [0.15, 0.2) is 17.3 Å². The van der Waals surface area contributed by atoms with Crippen molar-refractivity contribution >= 4 is 34.7 Å². The second-order valence-corrected chi connectivity index (χ2v) is 7.29. The Morgan fingerprint density at radius 2 is 1.84 bits per heavy atom. The van der Waals surface area contributed by atoms with Crippen molar-refractivity contribution in [3.63, 3.8) is 0 Å². The highest BCUT2D eigenvalue weighted by atomic mass is 35.5. The monoisotopic (exact) mass is 448 g/mol. The number of para-hydroxylation sites is 1. The van der Waals surface area contributed by atoms with E-state index in [1.54, 1.807) is 24.3 Å². The van der Waals surface area contributed by atoms with Crippen molar-refractivity contribution in [2.24, 2.45) is 5.10 Å². The van der Waals surface area contributed by atoms with Crippen molar-refractivity contribution in [1.29, 1.82) is 0 Å². The second-order valence-electron chi connectivity index (χ2n) is 6.88. The Morgan fingerprint density at radius 3 is 2.62 bits per heavy atom. The van der Waals surface area contributed by atoms with Crippen molar-refractivity contribution in [1.82, 2.24) is 5.43 Å². The SMILES string of the molecule is CCOc1cc(/C=N/NC(=O)c2cc3ccccc3o2)cc(Cl)c1OCc1ccccc1. The van der Waals surface area contributed by atoms with Crippen molar-refractivity contribution in [2.45, 2.75) is 13.5 Å². The third-order valence-electron chi connectivity index (χ3n) is 4.59. The minimum Gasteiger partial charge on any atom is -0.490 e. The molecule has 1 heterocycles. The Hall–Kier alpha value is -3.77. The van der Waals surface area contributed by atoms with E-state index in [2.05, 4.69) is 10.5 Å². The van der Waals surface area contributed by atoms with Crippen LogP contribution in [-0.2, 0) is 6.61 Å². The van der Waals surface area contributed by atoms with Crippen LogP contribution in [0.3, 0.4) is 0 Å². The highest BCUT2D eigenvalue weighted by Crippen LogP contribution is 2.37. The van der Waals surface area contributed by atoms with Crippen LogP contribution < -0.4 is 14.9 Å². The Bertz CT molecular complexity index is 1220. The number of fused-ring (bicyclic) bond motifs is 1. The number of nitrogens with zero attached hydrogens (tertiary/aromatic N) is 1. The van der Waals surface area contributed by atoms with Gasteiger partial charge in [-0.05, 0) is 42.3 Å². The number of hydrogen-bond donors (Lipinski definition) is 1. The first-order valence-corrected chi connectivity index (χ1v) is 10.5. The number of hydrazone groups is 1. The normalized spacial score (nSPS) is 11.1. The van der Waals surface area contributed by atoms with E-state index >= 15 is 0 Å². The summed E-state index contributed by atoms with van der Waals surface area (Å²) in [6.45, 7) is 2.69. The fourth-order valence-electron chi connectivity index (χ4n) is 3.11. The molecule has 32 heavy (non-hydrogen) atoms. The van der Waals surface area contributed by atoms with E-state index in [1.165, 1.54) is 6.21 Å². The zero-order valence-corrected chi connectivity index (χ0v) is 18.1. The Labute approximate surface area is 190 Å². The van der Waals surface area contributed by atoms with Crippen molar-refractivity contribution in [2.75, 3.05) is 6.61 Å². The third-order valence-corrected chi connectivity index (χ3v) is 4.87. The zero-order chi connectivity index (χ0) is 22.3. The molecule has 1 N–H and O–H groups in total. The second kappa shape index (κ2) is 10.0. The lowest BCUT2D eigenvalue weighted by Crippen LogP contribution is -2.16. The van der Waals surface area contributed by atoms with Gasteiger partial charge in [-0.1, -0.05) is 60.1 Å². The van der Waals surface area contributed by atoms with Crippen LogP contribution in [0.4, 0.5) is 0 Å². The van der Waals surface area contributed by atoms with E-state index < -0.39 is 5.91 Å². The lowest BCUT2D eigenvalue weighted by molar-refractivity contribution is 0.0929. The molecule has 0 atom stereocenters. The maximum Gasteiger partial charge on any atom is 0.307 e. The van der Waals surface area contributed by atoms with Crippen LogP contribution in [0, 0.1) is 0 Å². The Kier molecular flexibility index (Phi) is 6.72. The first kappa shape index (κ1) is 21.5. The smallest absolute Gasteiger partial charge is 0.307 e. The van der Waals surface area contributed by atoms with Gasteiger partial charge in [-0.25, -0.2) is 5.43 Å². The van der Waals surface area contributed by atoms with Gasteiger partial charge in [-0.3, -0.25) is 4.79 Å². The van der Waals surface area contributed by atoms with Gasteiger partial charge < -0.3 is 13.9 Å². The summed E-state index contributed by atoms with van der Waals surface area (Å²) < 4.78 is 17.1. The molecule has 0 aliphatic carbocycles. The summed E-state index contributed by atoms with van der Waals surface area (Å²) in [4.78, 5) is 12.3. The molecule has 4 aromatic rings. The molecule has 0 aliphatic heterocycles. The van der Waals surface area contributed by atoms with E-state index in [4.69, 9.17) is 25.5 Å². The molecule has 4 rings (SSSR count). The summed E-state index contributed by atoms with van der Waals surface area (Å²) in [6, 6.07) is 22.3. The number of benzene rings is 3. The Balaban J connectivity index is 1.46. The van der Waals surface area contributed by atoms with Crippen LogP contribution in [0.2, 0.25) is 5.02 Å². The van der Waals surface area contributed by atoms with Gasteiger partial charge in [-0.2, -0.15) is 5.10 Å². The fourth-order valence-corrected chi connectivity index (χ4v) is 3.38. The third kappa shape index (κ3) is 5.10. The maximum atomic E-state index is 12.3. The molecule has 0 saturated heterocycles. The maximum absolute atomic E-state index is 12.3. The van der Waals surface area contributed by atoms with Crippen LogP contribution in [0.25, 0.3) is 11.0 Å². The van der Waals surface area contributed by atoms with Crippen molar-refractivity contribution < 1.29 is 18.7 Å². The number of amides is 1. The summed E-state index contributed by atoms with van der Waals surface area (Å²) in [5.41, 5.74) is 4.77. The van der Waals surface area contributed by atoms with Gasteiger partial charge >= 0.3 is 5.91 Å². The number of hydrogen-bond acceptors (Lipinski definition) is 5. The molecule has 0 bridgehead atoms.